The first-order valence-corrected chi connectivity index (χ1v) is 8.16. The van der Waals surface area contributed by atoms with E-state index in [0.717, 1.165) is 35.7 Å². The van der Waals surface area contributed by atoms with Gasteiger partial charge in [0.1, 0.15) is 5.52 Å². The summed E-state index contributed by atoms with van der Waals surface area (Å²) >= 11 is 0. The molecule has 0 bridgehead atoms. The van der Waals surface area contributed by atoms with Crippen molar-refractivity contribution in [3.05, 3.63) is 30.6 Å². The van der Waals surface area contributed by atoms with E-state index in [1.807, 2.05) is 38.1 Å². The molecule has 2 aromatic heterocycles. The van der Waals surface area contributed by atoms with E-state index in [1.165, 1.54) is 0 Å². The first-order chi connectivity index (χ1) is 10.9. The predicted octanol–water partition coefficient (Wildman–Crippen LogP) is 3.67. The lowest BCUT2D eigenvalue weighted by atomic mass is 9.93. The fraction of sp³-hybridized carbons (Fsp3) is 0.444. The third-order valence-corrected chi connectivity index (χ3v) is 4.42. The Hall–Kier alpha value is -2.14. The first-order valence-electron chi connectivity index (χ1n) is 8.16. The van der Waals surface area contributed by atoms with Gasteiger partial charge in [0.2, 0.25) is 0 Å². The summed E-state index contributed by atoms with van der Waals surface area (Å²) in [5, 5.41) is 11.7. The number of para-hydroxylation sites is 1. The number of unbranched alkanes of at least 4 members (excludes halogenated alkanes) is 1. The highest BCUT2D eigenvalue weighted by atomic mass is 16.3. The van der Waals surface area contributed by atoms with Gasteiger partial charge in [0.25, 0.3) is 0 Å². The van der Waals surface area contributed by atoms with Crippen molar-refractivity contribution in [2.75, 3.05) is 5.73 Å². The molecule has 3 N–H and O–H groups in total. The number of aliphatic hydroxyl groups is 1. The van der Waals surface area contributed by atoms with E-state index in [0.29, 0.717) is 11.3 Å². The van der Waals surface area contributed by atoms with Gasteiger partial charge in [0.05, 0.1) is 29.0 Å². The molecule has 0 amide bonds. The zero-order chi connectivity index (χ0) is 16.6. The van der Waals surface area contributed by atoms with Gasteiger partial charge in [-0.1, -0.05) is 38.0 Å². The minimum Gasteiger partial charge on any atom is -0.388 e. The summed E-state index contributed by atoms with van der Waals surface area (Å²) in [4.78, 5) is 8.92. The lowest BCUT2D eigenvalue weighted by Crippen LogP contribution is -2.33. The molecule has 0 saturated carbocycles. The fourth-order valence-electron chi connectivity index (χ4n) is 3.24. The molecule has 0 aliphatic heterocycles. The number of nitrogens with two attached hydrogens (primary N) is 1. The number of hydrogen-bond donors (Lipinski definition) is 2. The highest BCUT2D eigenvalue weighted by molar-refractivity contribution is 6.06. The molecule has 3 rings (SSSR count). The lowest BCUT2D eigenvalue weighted by molar-refractivity contribution is 0.0201. The van der Waals surface area contributed by atoms with Crippen molar-refractivity contribution in [3.63, 3.8) is 0 Å². The Morgan fingerprint density at radius 2 is 2.04 bits per heavy atom. The molecule has 2 heterocycles. The minimum atomic E-state index is -0.845. The number of hydrogen-bond acceptors (Lipinski definition) is 4. The third kappa shape index (κ3) is 2.77. The normalized spacial score (nSPS) is 13.7. The number of fused-ring (bicyclic) bond motifs is 3. The van der Waals surface area contributed by atoms with Crippen molar-refractivity contribution >= 4 is 27.8 Å². The smallest absolute Gasteiger partial charge is 0.152 e. The molecule has 1 aromatic carbocycles. The van der Waals surface area contributed by atoms with E-state index in [4.69, 9.17) is 5.73 Å². The van der Waals surface area contributed by atoms with Gasteiger partial charge in [-0.15, -0.1) is 0 Å². The van der Waals surface area contributed by atoms with Crippen molar-refractivity contribution < 1.29 is 5.11 Å². The van der Waals surface area contributed by atoms with Gasteiger partial charge in [-0.3, -0.25) is 0 Å². The lowest BCUT2D eigenvalue weighted by Gasteiger charge is -2.31. The number of rotatable bonds is 5. The number of anilines is 1. The van der Waals surface area contributed by atoms with Crippen LogP contribution in [0.15, 0.2) is 30.6 Å². The van der Waals surface area contributed by atoms with Crippen LogP contribution < -0.4 is 5.73 Å². The van der Waals surface area contributed by atoms with Crippen molar-refractivity contribution in [2.24, 2.45) is 0 Å². The molecule has 23 heavy (non-hydrogen) atoms. The Labute approximate surface area is 136 Å². The van der Waals surface area contributed by atoms with Gasteiger partial charge in [-0.2, -0.15) is 0 Å². The summed E-state index contributed by atoms with van der Waals surface area (Å²) in [6, 6.07) is 7.86. The van der Waals surface area contributed by atoms with E-state index in [9.17, 15) is 5.11 Å². The maximum absolute atomic E-state index is 10.7. The summed E-state index contributed by atoms with van der Waals surface area (Å²) in [5.41, 5.74) is 7.76. The van der Waals surface area contributed by atoms with Crippen molar-refractivity contribution in [1.82, 2.24) is 14.5 Å². The van der Waals surface area contributed by atoms with Crippen molar-refractivity contribution in [2.45, 2.75) is 51.7 Å². The Kier molecular flexibility index (Phi) is 3.98. The average Bonchev–Trinajstić information content (AvgIpc) is 2.92. The SMILES string of the molecule is CCCCC(n1cnc2c(N)nc3ccccc3c21)C(C)(C)O. The van der Waals surface area contributed by atoms with Crippen LogP contribution in [-0.2, 0) is 0 Å². The number of nitrogen functional groups attached to an aromatic ring is 1. The zero-order valence-electron chi connectivity index (χ0n) is 14.0. The molecule has 5 heteroatoms. The van der Waals surface area contributed by atoms with Crippen LogP contribution in [0, 0.1) is 0 Å². The number of nitrogens with zero attached hydrogens (tertiary/aromatic N) is 3. The molecular weight excluding hydrogens is 288 g/mol. The Morgan fingerprint density at radius 3 is 2.74 bits per heavy atom. The molecule has 1 unspecified atom stereocenters. The molecule has 0 radical (unpaired) electrons. The maximum Gasteiger partial charge on any atom is 0.152 e. The van der Waals surface area contributed by atoms with Crippen molar-refractivity contribution in [1.29, 1.82) is 0 Å². The molecule has 122 valence electrons. The number of imidazole rings is 1. The summed E-state index contributed by atoms with van der Waals surface area (Å²) < 4.78 is 2.07. The average molecular weight is 312 g/mol. The number of benzene rings is 1. The van der Waals surface area contributed by atoms with E-state index < -0.39 is 5.60 Å². The Balaban J connectivity index is 2.28. The molecule has 0 spiro atoms. The standard InChI is InChI=1S/C18H24N4O/c1-4-5-10-14(18(2,3)23)22-11-20-15-16(22)12-8-6-7-9-13(12)21-17(15)19/h6-9,11,14,23H,4-5,10H2,1-3H3,(H2,19,21). The summed E-state index contributed by atoms with van der Waals surface area (Å²) in [7, 11) is 0. The highest BCUT2D eigenvalue weighted by Gasteiger charge is 2.30. The molecule has 5 nitrogen and oxygen atoms in total. The number of pyridine rings is 1. The van der Waals surface area contributed by atoms with E-state index in [1.54, 1.807) is 6.33 Å². The Bertz CT molecular complexity index is 832. The molecular formula is C18H24N4O. The van der Waals surface area contributed by atoms with Gasteiger partial charge in [-0.05, 0) is 26.3 Å². The van der Waals surface area contributed by atoms with Crippen LogP contribution in [0.25, 0.3) is 21.9 Å². The molecule has 3 aromatic rings. The van der Waals surface area contributed by atoms with Crippen LogP contribution in [0.4, 0.5) is 5.82 Å². The van der Waals surface area contributed by atoms with E-state index in [2.05, 4.69) is 21.5 Å². The molecule has 1 atom stereocenters. The second-order valence-electron chi connectivity index (χ2n) is 6.67. The zero-order valence-corrected chi connectivity index (χ0v) is 14.0. The van der Waals surface area contributed by atoms with Crippen LogP contribution in [-0.4, -0.2) is 25.2 Å². The topological polar surface area (TPSA) is 77.0 Å². The number of aromatic nitrogens is 3. The van der Waals surface area contributed by atoms with E-state index in [-0.39, 0.29) is 6.04 Å². The summed E-state index contributed by atoms with van der Waals surface area (Å²) in [5.74, 6) is 0.433. The predicted molar refractivity (Wildman–Crippen MR) is 94.3 cm³/mol. The fourth-order valence-corrected chi connectivity index (χ4v) is 3.24. The van der Waals surface area contributed by atoms with Crippen LogP contribution in [0.2, 0.25) is 0 Å². The summed E-state index contributed by atoms with van der Waals surface area (Å²) in [6.45, 7) is 5.86. The van der Waals surface area contributed by atoms with Crippen LogP contribution in [0.5, 0.6) is 0 Å². The van der Waals surface area contributed by atoms with Crippen LogP contribution in [0.3, 0.4) is 0 Å². The third-order valence-electron chi connectivity index (χ3n) is 4.42. The summed E-state index contributed by atoms with van der Waals surface area (Å²) in [6.07, 6.45) is 4.81. The molecule has 0 fully saturated rings. The van der Waals surface area contributed by atoms with Gasteiger partial charge < -0.3 is 15.4 Å². The second kappa shape index (κ2) is 5.81. The van der Waals surface area contributed by atoms with Crippen molar-refractivity contribution in [3.8, 4) is 0 Å². The molecule has 0 saturated heterocycles. The Morgan fingerprint density at radius 1 is 1.30 bits per heavy atom. The van der Waals surface area contributed by atoms with Gasteiger partial charge in [0, 0.05) is 5.39 Å². The van der Waals surface area contributed by atoms with Gasteiger partial charge in [0.15, 0.2) is 5.82 Å². The highest BCUT2D eigenvalue weighted by Crippen LogP contribution is 2.34. The van der Waals surface area contributed by atoms with Gasteiger partial charge in [-0.25, -0.2) is 9.97 Å². The quantitative estimate of drug-likeness (QED) is 0.753. The van der Waals surface area contributed by atoms with E-state index >= 15 is 0 Å². The van der Waals surface area contributed by atoms with Crippen LogP contribution >= 0.6 is 0 Å². The van der Waals surface area contributed by atoms with Gasteiger partial charge >= 0.3 is 0 Å². The molecule has 0 aliphatic carbocycles. The minimum absolute atomic E-state index is 0.0577. The maximum atomic E-state index is 10.7. The van der Waals surface area contributed by atoms with Crippen LogP contribution in [0.1, 0.15) is 46.1 Å². The largest absolute Gasteiger partial charge is 0.388 e. The second-order valence-corrected chi connectivity index (χ2v) is 6.67. The molecule has 0 aliphatic rings. The monoisotopic (exact) mass is 312 g/mol. The first kappa shape index (κ1) is 15.7.